The number of likely N-dealkylation sites (N-methyl/N-ethyl adjacent to an activating group) is 1. The first kappa shape index (κ1) is 16.4. The van der Waals surface area contributed by atoms with Gasteiger partial charge in [0.2, 0.25) is 5.91 Å². The quantitative estimate of drug-likeness (QED) is 0.733. The first-order chi connectivity index (χ1) is 7.68. The molecule has 1 amide bonds. The van der Waals surface area contributed by atoms with Gasteiger partial charge in [-0.05, 0) is 18.4 Å². The van der Waals surface area contributed by atoms with E-state index in [1.807, 2.05) is 11.9 Å². The van der Waals surface area contributed by atoms with E-state index in [0.717, 1.165) is 6.54 Å². The number of carbonyl (C=O) groups is 1. The van der Waals surface area contributed by atoms with Crippen LogP contribution in [0.4, 0.5) is 0 Å². The fraction of sp³-hybridized carbons (Fsp3) is 0.923. The van der Waals surface area contributed by atoms with E-state index in [-0.39, 0.29) is 17.4 Å². The van der Waals surface area contributed by atoms with E-state index in [1.54, 1.807) is 0 Å². The summed E-state index contributed by atoms with van der Waals surface area (Å²) < 4.78 is 0. The van der Waals surface area contributed by atoms with Crippen molar-refractivity contribution in [1.82, 2.24) is 10.2 Å². The molecular weight excluding hydrogens is 214 g/mol. The number of rotatable bonds is 6. The highest BCUT2D eigenvalue weighted by Crippen LogP contribution is 2.22. The fourth-order valence-corrected chi connectivity index (χ4v) is 1.91. The maximum absolute atomic E-state index is 11.7. The Bertz CT molecular complexity index is 233. The molecule has 102 valence electrons. The molecule has 0 aliphatic heterocycles. The molecule has 0 spiro atoms. The summed E-state index contributed by atoms with van der Waals surface area (Å²) in [5, 5.41) is 2.92. The van der Waals surface area contributed by atoms with E-state index in [0.29, 0.717) is 19.0 Å². The second-order valence-electron chi connectivity index (χ2n) is 6.23. The minimum atomic E-state index is 0.0731. The Balaban J connectivity index is 4.23. The average Bonchev–Trinajstić information content (AvgIpc) is 2.13. The predicted octanol–water partition coefficient (Wildman–Crippen LogP) is 1.06. The fourth-order valence-electron chi connectivity index (χ4n) is 1.91. The van der Waals surface area contributed by atoms with Gasteiger partial charge < -0.3 is 11.1 Å². The Morgan fingerprint density at radius 2 is 1.88 bits per heavy atom. The van der Waals surface area contributed by atoms with E-state index in [4.69, 9.17) is 5.73 Å². The van der Waals surface area contributed by atoms with Crippen LogP contribution in [0, 0.1) is 11.3 Å². The van der Waals surface area contributed by atoms with Gasteiger partial charge in [-0.2, -0.15) is 0 Å². The van der Waals surface area contributed by atoms with Gasteiger partial charge in [0, 0.05) is 19.1 Å². The highest BCUT2D eigenvalue weighted by Gasteiger charge is 2.27. The average molecular weight is 243 g/mol. The monoisotopic (exact) mass is 243 g/mol. The molecule has 0 aromatic rings. The minimum absolute atomic E-state index is 0.0731. The van der Waals surface area contributed by atoms with Gasteiger partial charge in [0.05, 0.1) is 6.54 Å². The van der Waals surface area contributed by atoms with E-state index in [9.17, 15) is 4.79 Å². The van der Waals surface area contributed by atoms with Crippen molar-refractivity contribution < 1.29 is 4.79 Å². The number of nitrogens with two attached hydrogens (primary N) is 1. The summed E-state index contributed by atoms with van der Waals surface area (Å²) in [5.41, 5.74) is 5.87. The summed E-state index contributed by atoms with van der Waals surface area (Å²) in [6, 6.07) is 0.215. The zero-order chi connectivity index (χ0) is 13.6. The van der Waals surface area contributed by atoms with Crippen LogP contribution in [0.1, 0.15) is 34.6 Å². The Morgan fingerprint density at radius 3 is 2.24 bits per heavy atom. The van der Waals surface area contributed by atoms with Crippen LogP contribution in [0.15, 0.2) is 0 Å². The SMILES string of the molecule is CC(C)CNC(=O)CN(C)C(CN)C(C)(C)C. The van der Waals surface area contributed by atoms with Crippen LogP contribution in [-0.4, -0.2) is 43.5 Å². The molecule has 0 heterocycles. The minimum Gasteiger partial charge on any atom is -0.355 e. The van der Waals surface area contributed by atoms with Gasteiger partial charge in [0.15, 0.2) is 0 Å². The largest absolute Gasteiger partial charge is 0.355 e. The van der Waals surface area contributed by atoms with Crippen LogP contribution in [0.2, 0.25) is 0 Å². The topological polar surface area (TPSA) is 58.4 Å². The molecule has 0 rings (SSSR count). The van der Waals surface area contributed by atoms with Gasteiger partial charge in [0.1, 0.15) is 0 Å². The molecule has 0 saturated heterocycles. The van der Waals surface area contributed by atoms with Gasteiger partial charge >= 0.3 is 0 Å². The maximum Gasteiger partial charge on any atom is 0.234 e. The molecule has 0 fully saturated rings. The van der Waals surface area contributed by atoms with E-state index < -0.39 is 0 Å². The molecule has 0 aromatic carbocycles. The van der Waals surface area contributed by atoms with Gasteiger partial charge in [-0.1, -0.05) is 34.6 Å². The Kier molecular flexibility index (Phi) is 6.72. The number of carbonyl (C=O) groups excluding carboxylic acids is 1. The third-order valence-corrected chi connectivity index (χ3v) is 2.86. The normalized spacial score (nSPS) is 14.2. The Hall–Kier alpha value is -0.610. The Morgan fingerprint density at radius 1 is 1.35 bits per heavy atom. The molecular formula is C13H29N3O. The summed E-state index contributed by atoms with van der Waals surface area (Å²) in [7, 11) is 1.96. The summed E-state index contributed by atoms with van der Waals surface area (Å²) in [6.45, 7) is 12.3. The zero-order valence-corrected chi connectivity index (χ0v) is 12.2. The van der Waals surface area contributed by atoms with Crippen molar-refractivity contribution in [1.29, 1.82) is 0 Å². The van der Waals surface area contributed by atoms with Crippen LogP contribution in [0.5, 0.6) is 0 Å². The number of amides is 1. The van der Waals surface area contributed by atoms with Crippen molar-refractivity contribution in [2.45, 2.75) is 40.7 Å². The molecule has 0 aliphatic carbocycles. The van der Waals surface area contributed by atoms with E-state index in [1.165, 1.54) is 0 Å². The number of nitrogens with zero attached hydrogens (tertiary/aromatic N) is 1. The molecule has 0 saturated carbocycles. The highest BCUT2D eigenvalue weighted by molar-refractivity contribution is 5.78. The Labute approximate surface area is 106 Å². The number of nitrogens with one attached hydrogen (secondary N) is 1. The molecule has 0 bridgehead atoms. The van der Waals surface area contributed by atoms with Gasteiger partial charge in [0.25, 0.3) is 0 Å². The summed E-state index contributed by atoms with van der Waals surface area (Å²) in [4.78, 5) is 13.7. The highest BCUT2D eigenvalue weighted by atomic mass is 16.2. The number of hydrogen-bond acceptors (Lipinski definition) is 3. The molecule has 1 atom stereocenters. The molecule has 3 N–H and O–H groups in total. The lowest BCUT2D eigenvalue weighted by Crippen LogP contribution is -2.50. The lowest BCUT2D eigenvalue weighted by Gasteiger charge is -2.36. The van der Waals surface area contributed by atoms with Crippen molar-refractivity contribution in [3.05, 3.63) is 0 Å². The van der Waals surface area contributed by atoms with Crippen LogP contribution >= 0.6 is 0 Å². The third kappa shape index (κ3) is 6.64. The first-order valence-corrected chi connectivity index (χ1v) is 6.35. The molecule has 17 heavy (non-hydrogen) atoms. The molecule has 0 aromatic heterocycles. The van der Waals surface area contributed by atoms with Crippen LogP contribution in [-0.2, 0) is 4.79 Å². The van der Waals surface area contributed by atoms with Crippen molar-refractivity contribution >= 4 is 5.91 Å². The smallest absolute Gasteiger partial charge is 0.234 e. The molecule has 0 radical (unpaired) electrons. The van der Waals surface area contributed by atoms with Crippen molar-refractivity contribution in [3.63, 3.8) is 0 Å². The third-order valence-electron chi connectivity index (χ3n) is 2.86. The maximum atomic E-state index is 11.7. The summed E-state index contributed by atoms with van der Waals surface area (Å²) >= 11 is 0. The molecule has 1 unspecified atom stereocenters. The molecule has 0 aliphatic rings. The molecule has 4 nitrogen and oxygen atoms in total. The lowest BCUT2D eigenvalue weighted by molar-refractivity contribution is -0.123. The predicted molar refractivity (Wildman–Crippen MR) is 72.8 cm³/mol. The van der Waals surface area contributed by atoms with Crippen molar-refractivity contribution in [2.24, 2.45) is 17.1 Å². The second kappa shape index (κ2) is 6.97. The molecule has 4 heteroatoms. The van der Waals surface area contributed by atoms with Crippen LogP contribution in [0.25, 0.3) is 0 Å². The van der Waals surface area contributed by atoms with Gasteiger partial charge in [-0.25, -0.2) is 0 Å². The first-order valence-electron chi connectivity index (χ1n) is 6.35. The van der Waals surface area contributed by atoms with Crippen LogP contribution < -0.4 is 11.1 Å². The number of hydrogen-bond donors (Lipinski definition) is 2. The van der Waals surface area contributed by atoms with Gasteiger partial charge in [-0.3, -0.25) is 9.69 Å². The zero-order valence-electron chi connectivity index (χ0n) is 12.2. The second-order valence-corrected chi connectivity index (χ2v) is 6.23. The van der Waals surface area contributed by atoms with Crippen LogP contribution in [0.3, 0.4) is 0 Å². The van der Waals surface area contributed by atoms with Crippen molar-refractivity contribution in [2.75, 3.05) is 26.7 Å². The summed E-state index contributed by atoms with van der Waals surface area (Å²) in [5.74, 6) is 0.557. The van der Waals surface area contributed by atoms with E-state index >= 15 is 0 Å². The standard InChI is InChI=1S/C13H29N3O/c1-10(2)8-15-12(17)9-16(6)11(7-14)13(3,4)5/h10-11H,7-9,14H2,1-6H3,(H,15,17). The lowest BCUT2D eigenvalue weighted by atomic mass is 9.86. The van der Waals surface area contributed by atoms with Crippen molar-refractivity contribution in [3.8, 4) is 0 Å². The van der Waals surface area contributed by atoms with E-state index in [2.05, 4.69) is 39.9 Å². The summed E-state index contributed by atoms with van der Waals surface area (Å²) in [6.07, 6.45) is 0. The van der Waals surface area contributed by atoms with Gasteiger partial charge in [-0.15, -0.1) is 0 Å².